The van der Waals surface area contributed by atoms with E-state index < -0.39 is 0 Å². The van der Waals surface area contributed by atoms with E-state index in [1.54, 1.807) is 4.90 Å². The van der Waals surface area contributed by atoms with Crippen LogP contribution in [-0.4, -0.2) is 29.8 Å². The molecule has 4 heteroatoms. The lowest BCUT2D eigenvalue weighted by Crippen LogP contribution is -2.40. The Bertz CT molecular complexity index is 403. The first-order valence-corrected chi connectivity index (χ1v) is 5.88. The molecule has 0 aromatic heterocycles. The Morgan fingerprint density at radius 3 is 2.71 bits per heavy atom. The van der Waals surface area contributed by atoms with Gasteiger partial charge in [-0.15, -0.1) is 0 Å². The Morgan fingerprint density at radius 2 is 2.00 bits per heavy atom. The monoisotopic (exact) mass is 232 g/mol. The van der Waals surface area contributed by atoms with Crippen LogP contribution in [0.15, 0.2) is 30.3 Å². The second-order valence-corrected chi connectivity index (χ2v) is 4.19. The second kappa shape index (κ2) is 5.48. The summed E-state index contributed by atoms with van der Waals surface area (Å²) in [6.45, 7) is 0.856. The molecule has 1 saturated heterocycles. The van der Waals surface area contributed by atoms with Gasteiger partial charge in [0.1, 0.15) is 0 Å². The molecular weight excluding hydrogens is 216 g/mol. The van der Waals surface area contributed by atoms with Crippen LogP contribution in [0, 0.1) is 0 Å². The van der Waals surface area contributed by atoms with Gasteiger partial charge in [-0.2, -0.15) is 0 Å². The molecule has 17 heavy (non-hydrogen) atoms. The van der Waals surface area contributed by atoms with Crippen LogP contribution in [-0.2, 0) is 9.59 Å². The Kier molecular flexibility index (Phi) is 3.75. The van der Waals surface area contributed by atoms with Crippen molar-refractivity contribution < 1.29 is 9.59 Å². The quantitative estimate of drug-likeness (QED) is 0.861. The fraction of sp³-hybridized carbons (Fsp3) is 0.385. The minimum Gasteiger partial charge on any atom is -0.333 e. The number of benzene rings is 1. The van der Waals surface area contributed by atoms with Crippen molar-refractivity contribution in [1.82, 2.24) is 4.90 Å². The number of para-hydroxylation sites is 1. The first-order valence-electron chi connectivity index (χ1n) is 5.88. The Labute approximate surface area is 101 Å². The SMILES string of the molecule is O=C(CN1CCCCC1=O)Nc1ccccc1. The van der Waals surface area contributed by atoms with Gasteiger partial charge < -0.3 is 10.2 Å². The molecule has 1 aromatic rings. The van der Waals surface area contributed by atoms with Crippen molar-refractivity contribution >= 4 is 17.5 Å². The van der Waals surface area contributed by atoms with E-state index in [1.165, 1.54) is 0 Å². The van der Waals surface area contributed by atoms with E-state index in [9.17, 15) is 9.59 Å². The van der Waals surface area contributed by atoms with Crippen LogP contribution in [0.25, 0.3) is 0 Å². The zero-order chi connectivity index (χ0) is 12.1. The predicted molar refractivity (Wildman–Crippen MR) is 65.5 cm³/mol. The second-order valence-electron chi connectivity index (χ2n) is 4.19. The molecule has 0 radical (unpaired) electrons. The number of amides is 2. The van der Waals surface area contributed by atoms with E-state index in [-0.39, 0.29) is 18.4 Å². The Hall–Kier alpha value is -1.84. The number of hydrogen-bond donors (Lipinski definition) is 1. The maximum Gasteiger partial charge on any atom is 0.243 e. The number of hydrogen-bond acceptors (Lipinski definition) is 2. The Morgan fingerprint density at radius 1 is 1.24 bits per heavy atom. The molecule has 1 N–H and O–H groups in total. The van der Waals surface area contributed by atoms with Crippen molar-refractivity contribution in [1.29, 1.82) is 0 Å². The molecular formula is C13H16N2O2. The summed E-state index contributed by atoms with van der Waals surface area (Å²) in [4.78, 5) is 24.9. The number of piperidine rings is 1. The standard InChI is InChI=1S/C13H16N2O2/c16-12(14-11-6-2-1-3-7-11)10-15-9-5-4-8-13(15)17/h1-3,6-7H,4-5,8-10H2,(H,14,16). The van der Waals surface area contributed by atoms with Crippen LogP contribution >= 0.6 is 0 Å². The summed E-state index contributed by atoms with van der Waals surface area (Å²) < 4.78 is 0. The molecule has 0 spiro atoms. The van der Waals surface area contributed by atoms with Crippen LogP contribution in [0.4, 0.5) is 5.69 Å². The van der Waals surface area contributed by atoms with Gasteiger partial charge in [0.25, 0.3) is 0 Å². The maximum atomic E-state index is 11.7. The summed E-state index contributed by atoms with van der Waals surface area (Å²) in [5, 5.41) is 2.78. The summed E-state index contributed by atoms with van der Waals surface area (Å²) in [6, 6.07) is 9.28. The number of likely N-dealkylation sites (tertiary alicyclic amines) is 1. The third-order valence-electron chi connectivity index (χ3n) is 2.81. The average molecular weight is 232 g/mol. The molecule has 0 atom stereocenters. The number of nitrogens with one attached hydrogen (secondary N) is 1. The lowest BCUT2D eigenvalue weighted by Gasteiger charge is -2.25. The highest BCUT2D eigenvalue weighted by Crippen LogP contribution is 2.11. The van der Waals surface area contributed by atoms with Crippen molar-refractivity contribution in [3.63, 3.8) is 0 Å². The summed E-state index contributed by atoms with van der Waals surface area (Å²) in [6.07, 6.45) is 2.50. The van der Waals surface area contributed by atoms with E-state index in [2.05, 4.69) is 5.32 Å². The van der Waals surface area contributed by atoms with Gasteiger partial charge in [0.15, 0.2) is 0 Å². The predicted octanol–water partition coefficient (Wildman–Crippen LogP) is 1.64. The largest absolute Gasteiger partial charge is 0.333 e. The van der Waals surface area contributed by atoms with Crippen LogP contribution in [0.2, 0.25) is 0 Å². The summed E-state index contributed by atoms with van der Waals surface area (Å²) in [7, 11) is 0. The molecule has 0 bridgehead atoms. The van der Waals surface area contributed by atoms with Crippen LogP contribution in [0.3, 0.4) is 0 Å². The summed E-state index contributed by atoms with van der Waals surface area (Å²) >= 11 is 0. The smallest absolute Gasteiger partial charge is 0.243 e. The van der Waals surface area contributed by atoms with E-state index in [1.807, 2.05) is 30.3 Å². The molecule has 90 valence electrons. The molecule has 4 nitrogen and oxygen atoms in total. The third kappa shape index (κ3) is 3.31. The molecule has 1 heterocycles. The molecule has 2 rings (SSSR count). The number of nitrogens with zero attached hydrogens (tertiary/aromatic N) is 1. The minimum atomic E-state index is -0.133. The van der Waals surface area contributed by atoms with E-state index in [4.69, 9.17) is 0 Å². The van der Waals surface area contributed by atoms with Gasteiger partial charge in [-0.05, 0) is 25.0 Å². The van der Waals surface area contributed by atoms with Crippen molar-refractivity contribution in [2.75, 3.05) is 18.4 Å². The fourth-order valence-electron chi connectivity index (χ4n) is 1.92. The molecule has 2 amide bonds. The Balaban J connectivity index is 1.87. The van der Waals surface area contributed by atoms with Gasteiger partial charge >= 0.3 is 0 Å². The third-order valence-corrected chi connectivity index (χ3v) is 2.81. The van der Waals surface area contributed by atoms with Gasteiger partial charge in [0.2, 0.25) is 11.8 Å². The highest BCUT2D eigenvalue weighted by atomic mass is 16.2. The van der Waals surface area contributed by atoms with Crippen LogP contribution in [0.1, 0.15) is 19.3 Å². The maximum absolute atomic E-state index is 11.7. The molecule has 0 aliphatic carbocycles. The zero-order valence-electron chi connectivity index (χ0n) is 9.69. The van der Waals surface area contributed by atoms with Gasteiger partial charge in [0.05, 0.1) is 6.54 Å². The molecule has 0 saturated carbocycles. The first-order chi connectivity index (χ1) is 8.25. The number of rotatable bonds is 3. The van der Waals surface area contributed by atoms with E-state index in [0.717, 1.165) is 18.5 Å². The fourth-order valence-corrected chi connectivity index (χ4v) is 1.92. The van der Waals surface area contributed by atoms with Gasteiger partial charge in [0, 0.05) is 18.7 Å². The lowest BCUT2D eigenvalue weighted by molar-refractivity contribution is -0.136. The number of carbonyl (C=O) groups excluding carboxylic acids is 2. The summed E-state index contributed by atoms with van der Waals surface area (Å²) in [5.74, 6) is -0.0501. The van der Waals surface area contributed by atoms with Gasteiger partial charge in [-0.3, -0.25) is 9.59 Å². The van der Waals surface area contributed by atoms with Crippen molar-refractivity contribution in [2.24, 2.45) is 0 Å². The molecule has 1 aliphatic rings. The first kappa shape index (κ1) is 11.6. The topological polar surface area (TPSA) is 49.4 Å². The van der Waals surface area contributed by atoms with Gasteiger partial charge in [-0.1, -0.05) is 18.2 Å². The zero-order valence-corrected chi connectivity index (χ0v) is 9.69. The van der Waals surface area contributed by atoms with E-state index >= 15 is 0 Å². The van der Waals surface area contributed by atoms with Crippen LogP contribution < -0.4 is 5.32 Å². The molecule has 0 unspecified atom stereocenters. The number of carbonyl (C=O) groups is 2. The van der Waals surface area contributed by atoms with Crippen molar-refractivity contribution in [2.45, 2.75) is 19.3 Å². The number of anilines is 1. The molecule has 1 fully saturated rings. The van der Waals surface area contributed by atoms with E-state index in [0.29, 0.717) is 13.0 Å². The summed E-state index contributed by atoms with van der Waals surface area (Å²) in [5.41, 5.74) is 0.766. The molecule has 1 aliphatic heterocycles. The minimum absolute atomic E-state index is 0.0828. The lowest BCUT2D eigenvalue weighted by atomic mass is 10.1. The average Bonchev–Trinajstić information content (AvgIpc) is 2.33. The normalized spacial score (nSPS) is 15.8. The van der Waals surface area contributed by atoms with Crippen molar-refractivity contribution in [3.8, 4) is 0 Å². The highest BCUT2D eigenvalue weighted by molar-refractivity contribution is 5.94. The highest BCUT2D eigenvalue weighted by Gasteiger charge is 2.20. The van der Waals surface area contributed by atoms with Crippen molar-refractivity contribution in [3.05, 3.63) is 30.3 Å². The van der Waals surface area contributed by atoms with Crippen LogP contribution in [0.5, 0.6) is 0 Å². The molecule has 1 aromatic carbocycles. The van der Waals surface area contributed by atoms with Gasteiger partial charge in [-0.25, -0.2) is 0 Å².